The summed E-state index contributed by atoms with van der Waals surface area (Å²) in [5, 5.41) is 8.96. The fraction of sp³-hybridized carbons (Fsp3) is 0.200. The summed E-state index contributed by atoms with van der Waals surface area (Å²) in [6.07, 6.45) is 2.53. The molecule has 1 aromatic heterocycles. The van der Waals surface area contributed by atoms with Gasteiger partial charge in [-0.1, -0.05) is 30.3 Å². The molecule has 4 nitrogen and oxygen atoms in total. The molecule has 2 N–H and O–H groups in total. The maximum Gasteiger partial charge on any atom is 0.152 e. The summed E-state index contributed by atoms with van der Waals surface area (Å²) in [6, 6.07) is 13.9. The van der Waals surface area contributed by atoms with Crippen molar-refractivity contribution in [2.24, 2.45) is 0 Å². The minimum absolute atomic E-state index is 0.445. The van der Waals surface area contributed by atoms with Gasteiger partial charge in [0.15, 0.2) is 5.82 Å². The van der Waals surface area contributed by atoms with E-state index in [2.05, 4.69) is 23.2 Å². The fourth-order valence-corrected chi connectivity index (χ4v) is 1.91. The van der Waals surface area contributed by atoms with Gasteiger partial charge in [-0.15, -0.1) is 0 Å². The van der Waals surface area contributed by atoms with E-state index >= 15 is 0 Å². The fourth-order valence-electron chi connectivity index (χ4n) is 1.91. The second-order valence-corrected chi connectivity index (χ2v) is 4.36. The second kappa shape index (κ2) is 5.87. The maximum atomic E-state index is 8.96. The predicted octanol–water partition coefficient (Wildman–Crippen LogP) is 2.21. The van der Waals surface area contributed by atoms with Gasteiger partial charge in [-0.25, -0.2) is 4.98 Å². The van der Waals surface area contributed by atoms with Crippen molar-refractivity contribution >= 4 is 11.5 Å². The summed E-state index contributed by atoms with van der Waals surface area (Å²) in [5.41, 5.74) is 8.12. The van der Waals surface area contributed by atoms with Gasteiger partial charge in [0.25, 0.3) is 0 Å². The maximum absolute atomic E-state index is 8.96. The van der Waals surface area contributed by atoms with Crippen LogP contribution in [-0.4, -0.2) is 18.6 Å². The predicted molar refractivity (Wildman–Crippen MR) is 76.8 cm³/mol. The van der Waals surface area contributed by atoms with Gasteiger partial charge in [-0.3, -0.25) is 0 Å². The molecule has 0 atom stereocenters. The van der Waals surface area contributed by atoms with Gasteiger partial charge in [0.2, 0.25) is 0 Å². The van der Waals surface area contributed by atoms with Crippen LogP contribution >= 0.6 is 0 Å². The highest BCUT2D eigenvalue weighted by molar-refractivity contribution is 5.69. The third-order valence-electron chi connectivity index (χ3n) is 3.03. The van der Waals surface area contributed by atoms with Crippen LogP contribution in [-0.2, 0) is 6.42 Å². The average molecular weight is 252 g/mol. The monoisotopic (exact) mass is 252 g/mol. The second-order valence-electron chi connectivity index (χ2n) is 4.36. The molecule has 0 aliphatic rings. The van der Waals surface area contributed by atoms with Crippen LogP contribution in [0, 0.1) is 11.3 Å². The third kappa shape index (κ3) is 3.02. The van der Waals surface area contributed by atoms with E-state index in [-0.39, 0.29) is 0 Å². The number of anilines is 2. The van der Waals surface area contributed by atoms with E-state index in [1.54, 1.807) is 12.3 Å². The van der Waals surface area contributed by atoms with Crippen molar-refractivity contribution in [2.75, 3.05) is 24.2 Å². The summed E-state index contributed by atoms with van der Waals surface area (Å²) >= 11 is 0. The summed E-state index contributed by atoms with van der Waals surface area (Å²) in [4.78, 5) is 6.22. The van der Waals surface area contributed by atoms with Crippen LogP contribution in [0.3, 0.4) is 0 Å². The van der Waals surface area contributed by atoms with E-state index in [1.165, 1.54) is 5.56 Å². The van der Waals surface area contributed by atoms with Crippen LogP contribution in [0.5, 0.6) is 0 Å². The Balaban J connectivity index is 2.09. The van der Waals surface area contributed by atoms with Crippen LogP contribution < -0.4 is 10.6 Å². The molecule has 0 aliphatic carbocycles. The number of nitrogen functional groups attached to an aromatic ring is 1. The average Bonchev–Trinajstić information content (AvgIpc) is 2.46. The normalized spacial score (nSPS) is 9.89. The molecule has 0 fully saturated rings. The first-order chi connectivity index (χ1) is 9.22. The zero-order valence-electron chi connectivity index (χ0n) is 10.9. The molecule has 1 aromatic carbocycles. The smallest absolute Gasteiger partial charge is 0.152 e. The van der Waals surface area contributed by atoms with Crippen LogP contribution in [0.2, 0.25) is 0 Å². The van der Waals surface area contributed by atoms with Gasteiger partial charge in [-0.05, 0) is 18.1 Å². The van der Waals surface area contributed by atoms with Crippen molar-refractivity contribution in [3.05, 3.63) is 53.7 Å². The quantitative estimate of drug-likeness (QED) is 0.906. The largest absolute Gasteiger partial charge is 0.395 e. The minimum atomic E-state index is 0.445. The molecule has 0 spiro atoms. The highest BCUT2D eigenvalue weighted by atomic mass is 15.2. The lowest BCUT2D eigenvalue weighted by Gasteiger charge is -2.20. The first-order valence-corrected chi connectivity index (χ1v) is 6.12. The number of hydrogen-bond acceptors (Lipinski definition) is 4. The Morgan fingerprint density at radius 2 is 2.00 bits per heavy atom. The molecule has 0 unspecified atom stereocenters. The highest BCUT2D eigenvalue weighted by Crippen LogP contribution is 2.22. The van der Waals surface area contributed by atoms with Crippen molar-refractivity contribution < 1.29 is 0 Å². The van der Waals surface area contributed by atoms with E-state index in [0.717, 1.165) is 13.0 Å². The molecule has 0 aliphatic heterocycles. The van der Waals surface area contributed by atoms with E-state index < -0.39 is 0 Å². The lowest BCUT2D eigenvalue weighted by Crippen LogP contribution is -2.22. The zero-order chi connectivity index (χ0) is 13.7. The minimum Gasteiger partial charge on any atom is -0.395 e. The lowest BCUT2D eigenvalue weighted by molar-refractivity contribution is 0.861. The number of likely N-dealkylation sites (N-methyl/N-ethyl adjacent to an activating group) is 1. The Bertz CT molecular complexity index is 587. The molecule has 0 radical (unpaired) electrons. The Labute approximate surface area is 113 Å². The summed E-state index contributed by atoms with van der Waals surface area (Å²) in [6.45, 7) is 0.802. The van der Waals surface area contributed by atoms with Crippen molar-refractivity contribution in [1.29, 1.82) is 5.26 Å². The van der Waals surface area contributed by atoms with E-state index in [1.807, 2.05) is 30.1 Å². The molecule has 4 heteroatoms. The summed E-state index contributed by atoms with van der Waals surface area (Å²) in [7, 11) is 1.93. The van der Waals surface area contributed by atoms with Crippen molar-refractivity contribution in [3.63, 3.8) is 0 Å². The molecule has 2 aromatic rings. The van der Waals surface area contributed by atoms with Crippen molar-refractivity contribution in [3.8, 4) is 6.07 Å². The van der Waals surface area contributed by atoms with E-state index in [4.69, 9.17) is 11.0 Å². The van der Waals surface area contributed by atoms with Crippen LogP contribution in [0.1, 0.15) is 11.1 Å². The number of nitrogens with two attached hydrogens (primary N) is 1. The number of nitrogens with zero attached hydrogens (tertiary/aromatic N) is 3. The number of aromatic nitrogens is 1. The van der Waals surface area contributed by atoms with Crippen molar-refractivity contribution in [2.45, 2.75) is 6.42 Å². The standard InChI is InChI=1S/C15H16N4/c1-19(10-8-12-5-3-2-4-6-12)15-14(17)13(11-16)7-9-18-15/h2-7,9H,8,10,17H2,1H3. The van der Waals surface area contributed by atoms with Gasteiger partial charge in [-0.2, -0.15) is 5.26 Å². The van der Waals surface area contributed by atoms with Gasteiger partial charge < -0.3 is 10.6 Å². The highest BCUT2D eigenvalue weighted by Gasteiger charge is 2.10. The summed E-state index contributed by atoms with van der Waals surface area (Å²) in [5.74, 6) is 0.662. The number of pyridine rings is 1. The molecule has 19 heavy (non-hydrogen) atoms. The molecule has 0 saturated heterocycles. The Morgan fingerprint density at radius 3 is 2.68 bits per heavy atom. The van der Waals surface area contributed by atoms with Gasteiger partial charge in [0, 0.05) is 19.8 Å². The molecule has 0 bridgehead atoms. The van der Waals surface area contributed by atoms with Gasteiger partial charge in [0.1, 0.15) is 6.07 Å². The molecule has 2 rings (SSSR count). The third-order valence-corrected chi connectivity index (χ3v) is 3.03. The van der Waals surface area contributed by atoms with Gasteiger partial charge in [0.05, 0.1) is 11.3 Å². The summed E-state index contributed by atoms with van der Waals surface area (Å²) < 4.78 is 0. The van der Waals surface area contributed by atoms with E-state index in [9.17, 15) is 0 Å². The van der Waals surface area contributed by atoms with Gasteiger partial charge >= 0.3 is 0 Å². The Kier molecular flexibility index (Phi) is 3.99. The number of benzene rings is 1. The van der Waals surface area contributed by atoms with E-state index in [0.29, 0.717) is 17.1 Å². The lowest BCUT2D eigenvalue weighted by atomic mass is 10.1. The van der Waals surface area contributed by atoms with Crippen LogP contribution in [0.25, 0.3) is 0 Å². The molecular formula is C15H16N4. The number of nitriles is 1. The zero-order valence-corrected chi connectivity index (χ0v) is 10.9. The Hall–Kier alpha value is -2.54. The van der Waals surface area contributed by atoms with Crippen molar-refractivity contribution in [1.82, 2.24) is 4.98 Å². The first kappa shape index (κ1) is 12.9. The molecular weight excluding hydrogens is 236 g/mol. The number of rotatable bonds is 4. The van der Waals surface area contributed by atoms with Crippen LogP contribution in [0.15, 0.2) is 42.6 Å². The first-order valence-electron chi connectivity index (χ1n) is 6.12. The molecule has 0 saturated carbocycles. The molecule has 1 heterocycles. The number of hydrogen-bond donors (Lipinski definition) is 1. The molecule has 0 amide bonds. The SMILES string of the molecule is CN(CCc1ccccc1)c1nccc(C#N)c1N. The molecule has 96 valence electrons. The van der Waals surface area contributed by atoms with Crippen LogP contribution in [0.4, 0.5) is 11.5 Å². The Morgan fingerprint density at radius 1 is 1.26 bits per heavy atom. The topological polar surface area (TPSA) is 65.9 Å².